The van der Waals surface area contributed by atoms with E-state index in [2.05, 4.69) is 34.1 Å². The number of nitrogens with one attached hydrogen (secondary N) is 1. The van der Waals surface area contributed by atoms with Crippen LogP contribution in [0.2, 0.25) is 0 Å². The van der Waals surface area contributed by atoms with Crippen molar-refractivity contribution in [2.24, 2.45) is 0 Å². The number of hydrogen-bond acceptors (Lipinski definition) is 4. The zero-order valence-electron chi connectivity index (χ0n) is 13.5. The lowest BCUT2D eigenvalue weighted by Crippen LogP contribution is -2.29. The van der Waals surface area contributed by atoms with Gasteiger partial charge in [-0.3, -0.25) is 9.63 Å². The standard InChI is InChI=1S/C19H21N3O2/c1-2-14-24-21-19(23)16-10-6-12-20-18(16)22-13-7-11-17(22)15-8-4-3-5-9-15/h2-6,8-10,12,17H,1,7,11,13-14H2,(H,21,23). The minimum atomic E-state index is -0.293. The average molecular weight is 323 g/mol. The molecule has 1 aromatic heterocycles. The average Bonchev–Trinajstić information content (AvgIpc) is 3.12. The molecule has 1 fully saturated rings. The van der Waals surface area contributed by atoms with Crippen molar-refractivity contribution in [1.82, 2.24) is 10.5 Å². The number of hydroxylamine groups is 1. The molecule has 3 rings (SSSR count). The molecule has 5 heteroatoms. The Labute approximate surface area is 141 Å². The molecule has 0 bridgehead atoms. The summed E-state index contributed by atoms with van der Waals surface area (Å²) in [6, 6.07) is 14.1. The number of carbonyl (C=O) groups excluding carboxylic acids is 1. The number of anilines is 1. The van der Waals surface area contributed by atoms with Crippen molar-refractivity contribution in [3.63, 3.8) is 0 Å². The van der Waals surface area contributed by atoms with E-state index in [1.807, 2.05) is 18.2 Å². The third-order valence-corrected chi connectivity index (χ3v) is 4.11. The zero-order valence-corrected chi connectivity index (χ0v) is 13.5. The third-order valence-electron chi connectivity index (χ3n) is 4.11. The molecule has 0 saturated carbocycles. The maximum Gasteiger partial charge on any atom is 0.278 e. The van der Waals surface area contributed by atoms with Crippen LogP contribution >= 0.6 is 0 Å². The van der Waals surface area contributed by atoms with E-state index >= 15 is 0 Å². The Hall–Kier alpha value is -2.66. The zero-order chi connectivity index (χ0) is 16.8. The van der Waals surface area contributed by atoms with Gasteiger partial charge in [0.1, 0.15) is 5.82 Å². The summed E-state index contributed by atoms with van der Waals surface area (Å²) in [7, 11) is 0. The summed E-state index contributed by atoms with van der Waals surface area (Å²) in [5.41, 5.74) is 4.20. The molecule has 1 aromatic carbocycles. The van der Waals surface area contributed by atoms with E-state index < -0.39 is 0 Å². The van der Waals surface area contributed by atoms with Crippen molar-refractivity contribution < 1.29 is 9.63 Å². The number of pyridine rings is 1. The molecule has 0 aliphatic carbocycles. The Balaban J connectivity index is 1.86. The van der Waals surface area contributed by atoms with E-state index in [0.717, 1.165) is 19.4 Å². The van der Waals surface area contributed by atoms with Crippen LogP contribution in [0.15, 0.2) is 61.3 Å². The fourth-order valence-electron chi connectivity index (χ4n) is 3.07. The second-order valence-electron chi connectivity index (χ2n) is 5.67. The van der Waals surface area contributed by atoms with E-state index in [1.54, 1.807) is 24.4 Å². The van der Waals surface area contributed by atoms with Crippen LogP contribution in [0.3, 0.4) is 0 Å². The Bertz CT molecular complexity index is 703. The Morgan fingerprint density at radius 2 is 2.17 bits per heavy atom. The smallest absolute Gasteiger partial charge is 0.278 e. The largest absolute Gasteiger partial charge is 0.349 e. The molecule has 1 aliphatic heterocycles. The first-order valence-electron chi connectivity index (χ1n) is 8.11. The van der Waals surface area contributed by atoms with Gasteiger partial charge < -0.3 is 4.90 Å². The maximum absolute atomic E-state index is 12.4. The first-order valence-corrected chi connectivity index (χ1v) is 8.11. The second kappa shape index (κ2) is 7.75. The monoisotopic (exact) mass is 323 g/mol. The molecule has 2 heterocycles. The van der Waals surface area contributed by atoms with Crippen LogP contribution in [0.4, 0.5) is 5.82 Å². The molecule has 1 aliphatic rings. The highest BCUT2D eigenvalue weighted by Crippen LogP contribution is 2.36. The highest BCUT2D eigenvalue weighted by atomic mass is 16.6. The summed E-state index contributed by atoms with van der Waals surface area (Å²) in [5.74, 6) is 0.405. The summed E-state index contributed by atoms with van der Waals surface area (Å²) >= 11 is 0. The Morgan fingerprint density at radius 3 is 2.96 bits per heavy atom. The number of aromatic nitrogens is 1. The number of hydrogen-bond donors (Lipinski definition) is 1. The van der Waals surface area contributed by atoms with Gasteiger partial charge in [0.25, 0.3) is 5.91 Å². The van der Waals surface area contributed by atoms with Crippen LogP contribution in [0.25, 0.3) is 0 Å². The molecular formula is C19H21N3O2. The van der Waals surface area contributed by atoms with E-state index in [-0.39, 0.29) is 18.6 Å². The quantitative estimate of drug-likeness (QED) is 0.503. The lowest BCUT2D eigenvalue weighted by atomic mass is 10.0. The van der Waals surface area contributed by atoms with Crippen molar-refractivity contribution >= 4 is 11.7 Å². The van der Waals surface area contributed by atoms with Crippen molar-refractivity contribution in [3.05, 3.63) is 72.4 Å². The first kappa shape index (κ1) is 16.2. The Morgan fingerprint density at radius 1 is 1.33 bits per heavy atom. The topological polar surface area (TPSA) is 54.5 Å². The maximum atomic E-state index is 12.4. The van der Waals surface area contributed by atoms with E-state index in [9.17, 15) is 4.79 Å². The van der Waals surface area contributed by atoms with Gasteiger partial charge in [-0.1, -0.05) is 36.4 Å². The number of rotatable bonds is 6. The van der Waals surface area contributed by atoms with Crippen molar-refractivity contribution in [3.8, 4) is 0 Å². The van der Waals surface area contributed by atoms with E-state index in [1.165, 1.54) is 5.56 Å². The molecule has 0 radical (unpaired) electrons. The summed E-state index contributed by atoms with van der Waals surface area (Å²) in [4.78, 5) is 24.1. The van der Waals surface area contributed by atoms with Gasteiger partial charge in [0, 0.05) is 12.7 Å². The highest BCUT2D eigenvalue weighted by Gasteiger charge is 2.29. The molecule has 1 amide bonds. The van der Waals surface area contributed by atoms with Gasteiger partial charge in [-0.2, -0.15) is 0 Å². The molecule has 1 N–H and O–H groups in total. The fraction of sp³-hybridized carbons (Fsp3) is 0.263. The molecular weight excluding hydrogens is 302 g/mol. The molecule has 24 heavy (non-hydrogen) atoms. The highest BCUT2D eigenvalue weighted by molar-refractivity contribution is 5.98. The molecule has 1 saturated heterocycles. The van der Waals surface area contributed by atoms with Crippen molar-refractivity contribution in [2.45, 2.75) is 18.9 Å². The minimum Gasteiger partial charge on any atom is -0.349 e. The third kappa shape index (κ3) is 3.46. The number of nitrogens with zero attached hydrogens (tertiary/aromatic N) is 2. The lowest BCUT2D eigenvalue weighted by Gasteiger charge is -2.27. The predicted molar refractivity (Wildman–Crippen MR) is 93.6 cm³/mol. The molecule has 124 valence electrons. The van der Waals surface area contributed by atoms with Gasteiger partial charge >= 0.3 is 0 Å². The van der Waals surface area contributed by atoms with Crippen LogP contribution < -0.4 is 10.4 Å². The van der Waals surface area contributed by atoms with Crippen LogP contribution in [0.1, 0.15) is 34.8 Å². The first-order chi connectivity index (χ1) is 11.8. The predicted octanol–water partition coefficient (Wildman–Crippen LogP) is 3.27. The van der Waals surface area contributed by atoms with Crippen LogP contribution in [-0.2, 0) is 4.84 Å². The Kier molecular flexibility index (Phi) is 5.23. The number of benzene rings is 1. The van der Waals surface area contributed by atoms with Gasteiger partial charge in [-0.05, 0) is 30.5 Å². The minimum absolute atomic E-state index is 0.238. The molecule has 5 nitrogen and oxygen atoms in total. The van der Waals surface area contributed by atoms with Crippen molar-refractivity contribution in [1.29, 1.82) is 0 Å². The number of carbonyl (C=O) groups is 1. The SMILES string of the molecule is C=CCONC(=O)c1cccnc1N1CCCC1c1ccccc1. The second-order valence-corrected chi connectivity index (χ2v) is 5.67. The van der Waals surface area contributed by atoms with Crippen LogP contribution in [-0.4, -0.2) is 24.0 Å². The molecule has 1 atom stereocenters. The normalized spacial score (nSPS) is 16.8. The summed E-state index contributed by atoms with van der Waals surface area (Å²) in [5, 5.41) is 0. The van der Waals surface area contributed by atoms with Crippen LogP contribution in [0.5, 0.6) is 0 Å². The molecule has 0 spiro atoms. The van der Waals surface area contributed by atoms with Gasteiger partial charge in [0.05, 0.1) is 18.2 Å². The van der Waals surface area contributed by atoms with Gasteiger partial charge in [0.2, 0.25) is 0 Å². The summed E-state index contributed by atoms with van der Waals surface area (Å²) in [6.07, 6.45) is 5.42. The van der Waals surface area contributed by atoms with E-state index in [4.69, 9.17) is 4.84 Å². The molecule has 1 unspecified atom stereocenters. The van der Waals surface area contributed by atoms with Crippen LogP contribution in [0, 0.1) is 0 Å². The lowest BCUT2D eigenvalue weighted by molar-refractivity contribution is 0.0422. The van der Waals surface area contributed by atoms with Crippen molar-refractivity contribution in [2.75, 3.05) is 18.1 Å². The van der Waals surface area contributed by atoms with E-state index in [0.29, 0.717) is 11.4 Å². The number of amides is 1. The fourth-order valence-corrected chi connectivity index (χ4v) is 3.07. The summed E-state index contributed by atoms with van der Waals surface area (Å²) in [6.45, 7) is 4.70. The van der Waals surface area contributed by atoms with Gasteiger partial charge in [-0.25, -0.2) is 10.5 Å². The summed E-state index contributed by atoms with van der Waals surface area (Å²) < 4.78 is 0. The molecule has 2 aromatic rings. The van der Waals surface area contributed by atoms with Gasteiger partial charge in [0.15, 0.2) is 0 Å². The van der Waals surface area contributed by atoms with Gasteiger partial charge in [-0.15, -0.1) is 6.58 Å².